The molecular formula is C19H24N4S. The van der Waals surface area contributed by atoms with E-state index in [1.165, 1.54) is 22.1 Å². The van der Waals surface area contributed by atoms with Gasteiger partial charge in [-0.1, -0.05) is 24.8 Å². The molecule has 1 saturated heterocycles. The first kappa shape index (κ1) is 15.8. The zero-order valence-corrected chi connectivity index (χ0v) is 15.5. The van der Waals surface area contributed by atoms with Crippen LogP contribution in [0.3, 0.4) is 0 Å². The monoisotopic (exact) mass is 340 g/mol. The van der Waals surface area contributed by atoms with Gasteiger partial charge in [-0.15, -0.1) is 0 Å². The number of aryl methyl sites for hydroxylation is 1. The van der Waals surface area contributed by atoms with Gasteiger partial charge in [0, 0.05) is 36.4 Å². The van der Waals surface area contributed by atoms with Crippen molar-refractivity contribution >= 4 is 16.9 Å². The van der Waals surface area contributed by atoms with E-state index in [0.29, 0.717) is 6.04 Å². The van der Waals surface area contributed by atoms with E-state index in [0.717, 1.165) is 17.9 Å². The summed E-state index contributed by atoms with van der Waals surface area (Å²) in [5, 5.41) is 1.20. The van der Waals surface area contributed by atoms with Crippen LogP contribution in [0.2, 0.25) is 0 Å². The molecule has 3 atom stereocenters. The van der Waals surface area contributed by atoms with Crippen LogP contribution in [0, 0.1) is 13.8 Å². The summed E-state index contributed by atoms with van der Waals surface area (Å²) in [5.41, 5.74) is 5.10. The summed E-state index contributed by atoms with van der Waals surface area (Å²) in [5.74, 6) is 1.14. The van der Waals surface area contributed by atoms with Crippen molar-refractivity contribution in [2.45, 2.75) is 45.3 Å². The Morgan fingerprint density at radius 1 is 1.29 bits per heavy atom. The number of fused-ring (bicyclic) bond motifs is 1. The normalized spacial score (nSPS) is 25.9. The highest BCUT2D eigenvalue weighted by Gasteiger charge is 2.46. The molecule has 2 aliphatic rings. The molecule has 4 rings (SSSR count). The number of thioether (sulfide) groups is 1. The number of aromatic nitrogens is 2. The minimum Gasteiger partial charge on any atom is -0.352 e. The van der Waals surface area contributed by atoms with Gasteiger partial charge in [0.05, 0.1) is 11.7 Å². The van der Waals surface area contributed by atoms with Crippen LogP contribution in [-0.4, -0.2) is 31.4 Å². The first-order valence-electron chi connectivity index (χ1n) is 8.64. The summed E-state index contributed by atoms with van der Waals surface area (Å²) in [6.07, 6.45) is 3.03. The molecule has 126 valence electrons. The maximum Gasteiger partial charge on any atom is 0.160 e. The summed E-state index contributed by atoms with van der Waals surface area (Å²) in [6.45, 7) is 6.68. The third-order valence-electron chi connectivity index (χ3n) is 5.46. The lowest BCUT2D eigenvalue weighted by molar-refractivity contribution is 0.254. The van der Waals surface area contributed by atoms with Gasteiger partial charge in [-0.05, 0) is 44.0 Å². The Morgan fingerprint density at radius 2 is 2.12 bits per heavy atom. The third-order valence-corrected chi connectivity index (χ3v) is 6.59. The van der Waals surface area contributed by atoms with Gasteiger partial charge in [0.25, 0.3) is 0 Å². The van der Waals surface area contributed by atoms with Gasteiger partial charge >= 0.3 is 0 Å². The van der Waals surface area contributed by atoms with Gasteiger partial charge in [0.1, 0.15) is 6.04 Å². The molecule has 0 aliphatic carbocycles. The van der Waals surface area contributed by atoms with Gasteiger partial charge in [-0.25, -0.2) is 0 Å². The summed E-state index contributed by atoms with van der Waals surface area (Å²) in [7, 11) is 2.15. The maximum absolute atomic E-state index is 5.09. The molecule has 0 radical (unpaired) electrons. The number of pyridine rings is 1. The Labute approximate surface area is 148 Å². The second-order valence-corrected chi connectivity index (χ2v) is 7.71. The fourth-order valence-electron chi connectivity index (χ4n) is 3.87. The molecule has 4 nitrogen and oxygen atoms in total. The van der Waals surface area contributed by atoms with Gasteiger partial charge in [-0.2, -0.15) is 0 Å². The molecule has 0 saturated carbocycles. The molecule has 0 aromatic carbocycles. The zero-order chi connectivity index (χ0) is 16.8. The van der Waals surface area contributed by atoms with E-state index in [9.17, 15) is 0 Å². The predicted octanol–water partition coefficient (Wildman–Crippen LogP) is 4.02. The average molecular weight is 340 g/mol. The number of aliphatic imine (C=N–C) groups is 1. The lowest BCUT2D eigenvalue weighted by Gasteiger charge is -2.31. The van der Waals surface area contributed by atoms with Crippen molar-refractivity contribution in [3.05, 3.63) is 53.1 Å². The largest absolute Gasteiger partial charge is 0.352 e. The van der Waals surface area contributed by atoms with Crippen molar-refractivity contribution < 1.29 is 0 Å². The molecule has 5 heteroatoms. The van der Waals surface area contributed by atoms with Crippen LogP contribution in [-0.2, 0) is 7.05 Å². The Hall–Kier alpha value is -1.75. The maximum atomic E-state index is 5.09. The molecule has 1 fully saturated rings. The number of rotatable bonds is 3. The van der Waals surface area contributed by atoms with Crippen LogP contribution < -0.4 is 0 Å². The van der Waals surface area contributed by atoms with Gasteiger partial charge in [0.15, 0.2) is 5.17 Å². The molecular weight excluding hydrogens is 316 g/mol. The fourth-order valence-corrected chi connectivity index (χ4v) is 5.21. The molecule has 0 bridgehead atoms. The van der Waals surface area contributed by atoms with Crippen molar-refractivity contribution in [1.29, 1.82) is 0 Å². The standard InChI is InChI=1S/C19H24N4S/c1-5-14-11-24-19-21-17(16-8-6-7-9-20-16)18(23(14)19)15-10-12(2)22(4)13(15)3/h6-10,14,17-18H,5,11H2,1-4H3/t14-,17+,18-/m1/s1. The van der Waals surface area contributed by atoms with E-state index >= 15 is 0 Å². The summed E-state index contributed by atoms with van der Waals surface area (Å²) >= 11 is 1.90. The van der Waals surface area contributed by atoms with E-state index < -0.39 is 0 Å². The topological polar surface area (TPSA) is 33.4 Å². The SMILES string of the molecule is CC[C@@H]1CSC2=N[C@@H](c3ccccn3)[C@@H](c3cc(C)n(C)c3C)N21. The van der Waals surface area contributed by atoms with Crippen LogP contribution in [0.4, 0.5) is 0 Å². The number of hydrogen-bond acceptors (Lipinski definition) is 4. The molecule has 2 aromatic heterocycles. The molecule has 0 unspecified atom stereocenters. The van der Waals surface area contributed by atoms with E-state index in [1.807, 2.05) is 24.0 Å². The highest BCUT2D eigenvalue weighted by molar-refractivity contribution is 8.14. The molecule has 0 spiro atoms. The lowest BCUT2D eigenvalue weighted by atomic mass is 9.95. The smallest absolute Gasteiger partial charge is 0.160 e. The molecule has 0 N–H and O–H groups in total. The minimum atomic E-state index is 0.0866. The van der Waals surface area contributed by atoms with Crippen LogP contribution in [0.15, 0.2) is 35.5 Å². The molecule has 2 aliphatic heterocycles. The number of hydrogen-bond donors (Lipinski definition) is 0. The number of nitrogens with zero attached hydrogens (tertiary/aromatic N) is 4. The van der Waals surface area contributed by atoms with Crippen molar-refractivity contribution in [2.24, 2.45) is 12.0 Å². The van der Waals surface area contributed by atoms with Crippen LogP contribution in [0.1, 0.15) is 48.1 Å². The Morgan fingerprint density at radius 3 is 2.75 bits per heavy atom. The second-order valence-electron chi connectivity index (χ2n) is 6.72. The van der Waals surface area contributed by atoms with Crippen molar-refractivity contribution in [3.63, 3.8) is 0 Å². The van der Waals surface area contributed by atoms with Crippen LogP contribution >= 0.6 is 11.8 Å². The van der Waals surface area contributed by atoms with Gasteiger partial charge in [0.2, 0.25) is 0 Å². The van der Waals surface area contributed by atoms with Gasteiger partial charge < -0.3 is 9.47 Å². The quantitative estimate of drug-likeness (QED) is 0.846. The summed E-state index contributed by atoms with van der Waals surface area (Å²) in [4.78, 5) is 12.3. The van der Waals surface area contributed by atoms with Crippen molar-refractivity contribution in [1.82, 2.24) is 14.5 Å². The van der Waals surface area contributed by atoms with Crippen LogP contribution in [0.5, 0.6) is 0 Å². The van der Waals surface area contributed by atoms with E-state index in [1.54, 1.807) is 0 Å². The molecule has 2 aromatic rings. The predicted molar refractivity (Wildman–Crippen MR) is 100 cm³/mol. The van der Waals surface area contributed by atoms with E-state index in [-0.39, 0.29) is 12.1 Å². The second kappa shape index (κ2) is 5.96. The average Bonchev–Trinajstić information content (AvgIpc) is 3.24. The first-order chi connectivity index (χ1) is 11.6. The minimum absolute atomic E-state index is 0.0866. The Bertz CT molecular complexity index is 780. The Balaban J connectivity index is 1.84. The zero-order valence-electron chi connectivity index (χ0n) is 14.7. The van der Waals surface area contributed by atoms with Crippen molar-refractivity contribution in [3.8, 4) is 0 Å². The van der Waals surface area contributed by atoms with Gasteiger partial charge in [-0.3, -0.25) is 9.98 Å². The fraction of sp³-hybridized carbons (Fsp3) is 0.474. The highest BCUT2D eigenvalue weighted by atomic mass is 32.2. The first-order valence-corrected chi connectivity index (χ1v) is 9.63. The number of amidine groups is 1. The molecule has 24 heavy (non-hydrogen) atoms. The third kappa shape index (κ3) is 2.29. The van der Waals surface area contributed by atoms with Crippen LogP contribution in [0.25, 0.3) is 0 Å². The Kier molecular flexibility index (Phi) is 3.91. The molecule has 4 heterocycles. The van der Waals surface area contributed by atoms with E-state index in [4.69, 9.17) is 4.99 Å². The highest BCUT2D eigenvalue weighted by Crippen LogP contribution is 2.49. The lowest BCUT2D eigenvalue weighted by Crippen LogP contribution is -2.35. The summed E-state index contributed by atoms with van der Waals surface area (Å²) < 4.78 is 2.28. The summed E-state index contributed by atoms with van der Waals surface area (Å²) in [6, 6.07) is 9.40. The van der Waals surface area contributed by atoms with E-state index in [2.05, 4.69) is 60.5 Å². The molecule has 0 amide bonds. The van der Waals surface area contributed by atoms with Crippen molar-refractivity contribution in [2.75, 3.05) is 5.75 Å².